The van der Waals surface area contributed by atoms with Crippen LogP contribution in [0.2, 0.25) is 0 Å². The number of nitrogens with zero attached hydrogens (tertiary/aromatic N) is 1. The lowest BCUT2D eigenvalue weighted by Crippen LogP contribution is -2.40. The highest BCUT2D eigenvalue weighted by Gasteiger charge is 2.30. The molecule has 0 spiro atoms. The van der Waals surface area contributed by atoms with Crippen molar-refractivity contribution < 1.29 is 13.2 Å². The summed E-state index contributed by atoms with van der Waals surface area (Å²) >= 11 is 3.24. The van der Waals surface area contributed by atoms with Crippen LogP contribution in [0.15, 0.2) is 0 Å². The van der Waals surface area contributed by atoms with Crippen LogP contribution in [-0.4, -0.2) is 50.1 Å². The Bertz CT molecular complexity index is 262. The van der Waals surface area contributed by atoms with E-state index in [1.807, 2.05) is 0 Å². The topological polar surface area (TPSA) is 46.6 Å². The van der Waals surface area contributed by atoms with E-state index in [9.17, 15) is 8.42 Å². The highest BCUT2D eigenvalue weighted by Crippen LogP contribution is 2.18. The van der Waals surface area contributed by atoms with Crippen LogP contribution in [-0.2, 0) is 14.8 Å². The smallest absolute Gasteiger partial charge is 0.216 e. The molecule has 4 nitrogen and oxygen atoms in total. The Morgan fingerprint density at radius 3 is 2.50 bits per heavy atom. The average Bonchev–Trinajstić information content (AvgIpc) is 2.19. The lowest BCUT2D eigenvalue weighted by atomic mass is 10.2. The van der Waals surface area contributed by atoms with E-state index >= 15 is 0 Å². The number of hydrogen-bond acceptors (Lipinski definition) is 3. The third-order valence-electron chi connectivity index (χ3n) is 2.42. The molecule has 0 N–H and O–H groups in total. The highest BCUT2D eigenvalue weighted by molar-refractivity contribution is 9.09. The molecule has 14 heavy (non-hydrogen) atoms. The lowest BCUT2D eigenvalue weighted by Gasteiger charge is -2.26. The molecule has 0 radical (unpaired) electrons. The number of ether oxygens (including phenoxy) is 1. The third-order valence-corrected chi connectivity index (χ3v) is 5.14. The summed E-state index contributed by atoms with van der Waals surface area (Å²) in [5, 5.41) is 0.423. The van der Waals surface area contributed by atoms with Crippen molar-refractivity contribution in [1.82, 2.24) is 4.31 Å². The van der Waals surface area contributed by atoms with Gasteiger partial charge in [0.2, 0.25) is 10.0 Å². The maximum atomic E-state index is 11.9. The minimum absolute atomic E-state index is 0.250. The second-order valence-electron chi connectivity index (χ2n) is 3.37. The minimum Gasteiger partial charge on any atom is -0.381 e. The van der Waals surface area contributed by atoms with Crippen LogP contribution in [0, 0.1) is 0 Å². The summed E-state index contributed by atoms with van der Waals surface area (Å²) in [5.41, 5.74) is 0. The van der Waals surface area contributed by atoms with Crippen LogP contribution >= 0.6 is 15.9 Å². The molecule has 0 aromatic rings. The van der Waals surface area contributed by atoms with Gasteiger partial charge < -0.3 is 4.74 Å². The highest BCUT2D eigenvalue weighted by atomic mass is 79.9. The van der Waals surface area contributed by atoms with Crippen LogP contribution in [0.25, 0.3) is 0 Å². The molecule has 0 aliphatic carbocycles. The molecule has 84 valence electrons. The summed E-state index contributed by atoms with van der Waals surface area (Å²) < 4.78 is 30.4. The SMILES string of the molecule is CN(CCBr)S(=O)(=O)C1CCOCC1. The van der Waals surface area contributed by atoms with Crippen LogP contribution in [0.4, 0.5) is 0 Å². The Kier molecular flexibility index (Phi) is 4.82. The predicted octanol–water partition coefficient (Wildman–Crippen LogP) is 0.822. The summed E-state index contributed by atoms with van der Waals surface area (Å²) in [6.45, 7) is 1.65. The molecule has 1 rings (SSSR count). The molecule has 0 saturated carbocycles. The van der Waals surface area contributed by atoms with Crippen molar-refractivity contribution in [3.63, 3.8) is 0 Å². The van der Waals surface area contributed by atoms with E-state index in [1.165, 1.54) is 4.31 Å². The first-order valence-electron chi connectivity index (χ1n) is 4.68. The zero-order valence-electron chi connectivity index (χ0n) is 8.28. The summed E-state index contributed by atoms with van der Waals surface area (Å²) in [6, 6.07) is 0. The van der Waals surface area contributed by atoms with Crippen molar-refractivity contribution in [3.05, 3.63) is 0 Å². The van der Waals surface area contributed by atoms with Gasteiger partial charge in [-0.1, -0.05) is 15.9 Å². The Balaban J connectivity index is 2.62. The molecular formula is C8H16BrNO3S. The number of sulfonamides is 1. The second kappa shape index (κ2) is 5.44. The van der Waals surface area contributed by atoms with Crippen LogP contribution in [0.1, 0.15) is 12.8 Å². The van der Waals surface area contributed by atoms with Crippen LogP contribution < -0.4 is 0 Å². The largest absolute Gasteiger partial charge is 0.381 e. The summed E-state index contributed by atoms with van der Waals surface area (Å²) in [4.78, 5) is 0. The Morgan fingerprint density at radius 2 is 2.00 bits per heavy atom. The van der Waals surface area contributed by atoms with Gasteiger partial charge in [0.15, 0.2) is 0 Å². The molecule has 0 aromatic carbocycles. The summed E-state index contributed by atoms with van der Waals surface area (Å²) in [5.74, 6) is 0. The normalized spacial score (nSPS) is 20.2. The van der Waals surface area contributed by atoms with Crippen molar-refractivity contribution in [2.24, 2.45) is 0 Å². The Morgan fingerprint density at radius 1 is 1.43 bits per heavy atom. The first kappa shape index (κ1) is 12.4. The maximum absolute atomic E-state index is 11.9. The molecule has 0 aromatic heterocycles. The van der Waals surface area contributed by atoms with E-state index in [0.29, 0.717) is 37.9 Å². The van der Waals surface area contributed by atoms with Gasteiger partial charge in [-0.25, -0.2) is 12.7 Å². The standard InChI is InChI=1S/C8H16BrNO3S/c1-10(5-4-9)14(11,12)8-2-6-13-7-3-8/h8H,2-7H2,1H3. The Hall–Kier alpha value is 0.350. The zero-order valence-corrected chi connectivity index (χ0v) is 10.7. The molecule has 0 bridgehead atoms. The molecule has 0 amide bonds. The monoisotopic (exact) mass is 285 g/mol. The van der Waals surface area contributed by atoms with Gasteiger partial charge in [0.25, 0.3) is 0 Å². The number of rotatable bonds is 4. The zero-order chi connectivity index (χ0) is 10.6. The van der Waals surface area contributed by atoms with Crippen molar-refractivity contribution in [3.8, 4) is 0 Å². The number of hydrogen-bond donors (Lipinski definition) is 0. The fraction of sp³-hybridized carbons (Fsp3) is 1.00. The van der Waals surface area contributed by atoms with Gasteiger partial charge in [0.05, 0.1) is 5.25 Å². The van der Waals surface area contributed by atoms with E-state index in [-0.39, 0.29) is 5.25 Å². The predicted molar refractivity (Wildman–Crippen MR) is 59.2 cm³/mol. The number of alkyl halides is 1. The minimum atomic E-state index is -3.10. The molecule has 0 atom stereocenters. The van der Waals surface area contributed by atoms with E-state index in [1.54, 1.807) is 7.05 Å². The van der Waals surface area contributed by atoms with Gasteiger partial charge >= 0.3 is 0 Å². The first-order chi connectivity index (χ1) is 6.59. The van der Waals surface area contributed by atoms with Crippen molar-refractivity contribution >= 4 is 26.0 Å². The van der Waals surface area contributed by atoms with Gasteiger partial charge in [-0.15, -0.1) is 0 Å². The fourth-order valence-corrected chi connectivity index (χ4v) is 3.88. The third kappa shape index (κ3) is 2.92. The molecule has 0 unspecified atom stereocenters. The maximum Gasteiger partial charge on any atom is 0.216 e. The van der Waals surface area contributed by atoms with Gasteiger partial charge in [-0.3, -0.25) is 0 Å². The van der Waals surface area contributed by atoms with Gasteiger partial charge in [0.1, 0.15) is 0 Å². The molecule has 1 saturated heterocycles. The van der Waals surface area contributed by atoms with E-state index in [4.69, 9.17) is 4.74 Å². The lowest BCUT2D eigenvalue weighted by molar-refractivity contribution is 0.0974. The van der Waals surface area contributed by atoms with Crippen molar-refractivity contribution in [2.45, 2.75) is 18.1 Å². The van der Waals surface area contributed by atoms with Crippen molar-refractivity contribution in [1.29, 1.82) is 0 Å². The van der Waals surface area contributed by atoms with Crippen LogP contribution in [0.5, 0.6) is 0 Å². The van der Waals surface area contributed by atoms with Crippen molar-refractivity contribution in [2.75, 3.05) is 32.1 Å². The van der Waals surface area contributed by atoms with Gasteiger partial charge in [-0.2, -0.15) is 0 Å². The van der Waals surface area contributed by atoms with Crippen LogP contribution in [0.3, 0.4) is 0 Å². The fourth-order valence-electron chi connectivity index (χ4n) is 1.47. The Labute approximate surface area is 93.8 Å². The van der Waals surface area contributed by atoms with E-state index in [0.717, 1.165) is 0 Å². The molecule has 6 heteroatoms. The molecule has 1 aliphatic rings. The van der Waals surface area contributed by atoms with Gasteiger partial charge in [-0.05, 0) is 12.8 Å². The summed E-state index contributed by atoms with van der Waals surface area (Å²) in [7, 11) is -1.47. The second-order valence-corrected chi connectivity index (χ2v) is 6.48. The van der Waals surface area contributed by atoms with E-state index in [2.05, 4.69) is 15.9 Å². The molecular weight excluding hydrogens is 270 g/mol. The molecule has 1 aliphatic heterocycles. The number of halogens is 1. The quantitative estimate of drug-likeness (QED) is 0.719. The summed E-state index contributed by atoms with van der Waals surface area (Å²) in [6.07, 6.45) is 1.24. The molecule has 1 heterocycles. The first-order valence-corrected chi connectivity index (χ1v) is 7.30. The average molecular weight is 286 g/mol. The molecule has 1 fully saturated rings. The van der Waals surface area contributed by atoms with Gasteiger partial charge in [0, 0.05) is 32.1 Å². The van der Waals surface area contributed by atoms with E-state index < -0.39 is 10.0 Å².